The van der Waals surface area contributed by atoms with Gasteiger partial charge in [0.15, 0.2) is 0 Å². The zero-order valence-corrected chi connectivity index (χ0v) is 11.1. The highest BCUT2D eigenvalue weighted by Gasteiger charge is 2.05. The molecule has 0 heterocycles. The summed E-state index contributed by atoms with van der Waals surface area (Å²) in [6.07, 6.45) is 0. The lowest BCUT2D eigenvalue weighted by Gasteiger charge is -2.02. The molecule has 0 aliphatic heterocycles. The summed E-state index contributed by atoms with van der Waals surface area (Å²) in [6.45, 7) is 7.19. The van der Waals surface area contributed by atoms with E-state index in [1.54, 1.807) is 27.7 Å². The van der Waals surface area contributed by atoms with Crippen molar-refractivity contribution < 1.29 is 0 Å². The lowest BCUT2D eigenvalue weighted by Crippen LogP contribution is -1.92. The summed E-state index contributed by atoms with van der Waals surface area (Å²) in [4.78, 5) is 0. The maximum atomic E-state index is 3.20. The summed E-state index contributed by atoms with van der Waals surface area (Å²) in [5, 5.41) is 0. The molecule has 1 aromatic carbocycles. The van der Waals surface area contributed by atoms with Crippen LogP contribution in [0.3, 0.4) is 0 Å². The van der Waals surface area contributed by atoms with Gasteiger partial charge in [-0.15, -0.1) is 23.7 Å². The maximum Gasteiger partial charge on any atom is 0.0494 e. The molecule has 0 amide bonds. The highest BCUT2D eigenvalue weighted by molar-refractivity contribution is 5.60. The number of hydrogen-bond donors (Lipinski definition) is 0. The predicted octanol–water partition coefficient (Wildman–Crippen LogP) is 2.97. The Bertz CT molecular complexity index is 565. The average molecular weight is 229 g/mol. The monoisotopic (exact) mass is 229 g/mol. The smallest absolute Gasteiger partial charge is 0.0494 e. The van der Waals surface area contributed by atoms with Crippen LogP contribution in [0.15, 0.2) is 6.07 Å². The van der Waals surface area contributed by atoms with Crippen molar-refractivity contribution >= 4 is 0 Å². The van der Waals surface area contributed by atoms with Gasteiger partial charge < -0.3 is 0 Å². The van der Waals surface area contributed by atoms with Crippen molar-refractivity contribution in [2.45, 2.75) is 27.7 Å². The van der Waals surface area contributed by atoms with Crippen LogP contribution in [0, 0.1) is 53.4 Å². The van der Waals surface area contributed by atoms with E-state index >= 15 is 0 Å². The van der Waals surface area contributed by atoms with Crippen molar-refractivity contribution in [1.82, 2.24) is 0 Å². The molecule has 0 N–H and O–H groups in total. The largest absolute Gasteiger partial charge is 0.101 e. The first-order valence-corrected chi connectivity index (χ1v) is 5.58. The molecule has 0 saturated heterocycles. The molecule has 0 spiro atoms. The van der Waals surface area contributed by atoms with Crippen LogP contribution in [-0.4, -0.2) is 0 Å². The van der Waals surface area contributed by atoms with E-state index in [2.05, 4.69) is 53.4 Å². The van der Waals surface area contributed by atoms with Gasteiger partial charge in [0.2, 0.25) is 0 Å². The fourth-order valence-electron chi connectivity index (χ4n) is 1.46. The second-order valence-electron chi connectivity index (χ2n) is 3.35. The zero-order valence-electron chi connectivity index (χ0n) is 11.1. The van der Waals surface area contributed by atoms with Crippen LogP contribution < -0.4 is 0 Å². The van der Waals surface area contributed by atoms with Gasteiger partial charge in [0, 0.05) is 28.3 Å². The van der Waals surface area contributed by atoms with Crippen LogP contribution in [0.25, 0.3) is 0 Å². The Hall–Kier alpha value is -2.54. The second-order valence-corrected chi connectivity index (χ2v) is 3.35. The normalized spacial score (nSPS) is 7.33. The van der Waals surface area contributed by atoms with Gasteiger partial charge in [-0.3, -0.25) is 0 Å². The SMILES string of the molecule is CC#Cc1[c]c(C#CC)c(C#CC)cc1C#CC. The molecule has 1 rings (SSSR count). The maximum absolute atomic E-state index is 3.20. The summed E-state index contributed by atoms with van der Waals surface area (Å²) < 4.78 is 0. The average Bonchev–Trinajstić information content (AvgIpc) is 2.35. The molecule has 1 aromatic rings. The first kappa shape index (κ1) is 13.5. The number of benzene rings is 1. The molecule has 0 fully saturated rings. The topological polar surface area (TPSA) is 0 Å². The highest BCUT2D eigenvalue weighted by Crippen LogP contribution is 2.14. The zero-order chi connectivity index (χ0) is 13.4. The van der Waals surface area contributed by atoms with Gasteiger partial charge in [0.05, 0.1) is 0 Å². The predicted molar refractivity (Wildman–Crippen MR) is 75.5 cm³/mol. The van der Waals surface area contributed by atoms with Gasteiger partial charge in [0.1, 0.15) is 0 Å². The van der Waals surface area contributed by atoms with Crippen molar-refractivity contribution in [2.75, 3.05) is 0 Å². The van der Waals surface area contributed by atoms with Gasteiger partial charge in [-0.2, -0.15) is 0 Å². The Morgan fingerprint density at radius 3 is 1.39 bits per heavy atom. The molecule has 18 heavy (non-hydrogen) atoms. The van der Waals surface area contributed by atoms with Crippen molar-refractivity contribution in [3.05, 3.63) is 34.4 Å². The lowest BCUT2D eigenvalue weighted by molar-refractivity contribution is 1.49. The van der Waals surface area contributed by atoms with E-state index in [0.29, 0.717) is 0 Å². The van der Waals surface area contributed by atoms with E-state index in [0.717, 1.165) is 22.3 Å². The number of hydrogen-bond acceptors (Lipinski definition) is 0. The minimum atomic E-state index is 0.784. The molecule has 1 radical (unpaired) electrons. The van der Waals surface area contributed by atoms with E-state index < -0.39 is 0 Å². The van der Waals surface area contributed by atoms with Crippen LogP contribution >= 0.6 is 0 Å². The van der Waals surface area contributed by atoms with Crippen LogP contribution in [0.5, 0.6) is 0 Å². The van der Waals surface area contributed by atoms with Gasteiger partial charge in [-0.1, -0.05) is 23.7 Å². The molecule has 0 heteroatoms. The molecule has 85 valence electrons. The molecule has 0 atom stereocenters. The second kappa shape index (κ2) is 6.92. The first-order chi connectivity index (χ1) is 8.76. The lowest BCUT2D eigenvalue weighted by atomic mass is 9.99. The van der Waals surface area contributed by atoms with Crippen LogP contribution in [-0.2, 0) is 0 Å². The summed E-state index contributed by atoms with van der Waals surface area (Å²) >= 11 is 0. The Labute approximate surface area is 110 Å². The summed E-state index contributed by atoms with van der Waals surface area (Å²) in [6, 6.07) is 5.13. The third kappa shape index (κ3) is 3.22. The Kier molecular flexibility index (Phi) is 5.20. The van der Waals surface area contributed by atoms with Crippen molar-refractivity contribution in [2.24, 2.45) is 0 Å². The highest BCUT2D eigenvalue weighted by atomic mass is 14.0. The molecule has 0 bridgehead atoms. The van der Waals surface area contributed by atoms with Crippen LogP contribution in [0.1, 0.15) is 49.9 Å². The van der Waals surface area contributed by atoms with E-state index in [4.69, 9.17) is 0 Å². The Balaban J connectivity index is 3.62. The van der Waals surface area contributed by atoms with E-state index in [1.165, 1.54) is 0 Å². The van der Waals surface area contributed by atoms with Crippen molar-refractivity contribution in [3.8, 4) is 47.4 Å². The minimum absolute atomic E-state index is 0.784. The Morgan fingerprint density at radius 2 is 1.06 bits per heavy atom. The third-order valence-corrected chi connectivity index (χ3v) is 2.10. The van der Waals surface area contributed by atoms with Crippen LogP contribution in [0.2, 0.25) is 0 Å². The van der Waals surface area contributed by atoms with Crippen molar-refractivity contribution in [3.63, 3.8) is 0 Å². The van der Waals surface area contributed by atoms with Gasteiger partial charge >= 0.3 is 0 Å². The van der Waals surface area contributed by atoms with E-state index in [9.17, 15) is 0 Å². The Morgan fingerprint density at radius 1 is 0.667 bits per heavy atom. The van der Waals surface area contributed by atoms with E-state index in [-0.39, 0.29) is 0 Å². The summed E-state index contributed by atoms with van der Waals surface area (Å²) in [7, 11) is 0. The molecule has 0 nitrogen and oxygen atoms in total. The summed E-state index contributed by atoms with van der Waals surface area (Å²) in [5.74, 6) is 23.6. The molecule has 0 aliphatic rings. The molecular formula is C18H13. The van der Waals surface area contributed by atoms with Gasteiger partial charge in [-0.25, -0.2) is 0 Å². The molecule has 0 aromatic heterocycles. The quantitative estimate of drug-likeness (QED) is 0.600. The van der Waals surface area contributed by atoms with Crippen LogP contribution in [0.4, 0.5) is 0 Å². The molecule has 0 aliphatic carbocycles. The van der Waals surface area contributed by atoms with Gasteiger partial charge in [0.25, 0.3) is 0 Å². The first-order valence-electron chi connectivity index (χ1n) is 5.58. The fourth-order valence-corrected chi connectivity index (χ4v) is 1.46. The van der Waals surface area contributed by atoms with E-state index in [1.807, 2.05) is 6.07 Å². The standard InChI is InChI=1S/C18H13/c1-5-9-15-13-17(11-7-3)18(12-8-4)14-16(15)10-6-2/h13H,1-4H3. The molecule has 0 unspecified atom stereocenters. The fraction of sp³-hybridized carbons (Fsp3) is 0.222. The minimum Gasteiger partial charge on any atom is -0.101 e. The molecule has 0 saturated carbocycles. The van der Waals surface area contributed by atoms with Crippen molar-refractivity contribution in [1.29, 1.82) is 0 Å². The van der Waals surface area contributed by atoms with Gasteiger partial charge in [-0.05, 0) is 33.8 Å². The third-order valence-electron chi connectivity index (χ3n) is 2.10. The number of rotatable bonds is 0. The summed E-state index contributed by atoms with van der Waals surface area (Å²) in [5.41, 5.74) is 3.27. The molecular weight excluding hydrogens is 216 g/mol.